The molecular formula is C20H28N10O19P4. The second-order valence-electron chi connectivity index (χ2n) is 10.9. The molecule has 2 aliphatic rings. The zero-order valence-electron chi connectivity index (χ0n) is 26.7. The normalized spacial score (nSPS) is 27.4. The van der Waals surface area contributed by atoms with Gasteiger partial charge in [-0.2, -0.15) is 12.9 Å². The Kier molecular flexibility index (Phi) is 13.1. The van der Waals surface area contributed by atoms with Crippen LogP contribution in [0.25, 0.3) is 20.9 Å². The summed E-state index contributed by atoms with van der Waals surface area (Å²) < 4.78 is 83.3. The molecule has 33 heteroatoms. The van der Waals surface area contributed by atoms with Crippen LogP contribution in [0.1, 0.15) is 36.4 Å². The third-order valence-corrected chi connectivity index (χ3v) is 13.0. The molecule has 2 aromatic rings. The van der Waals surface area contributed by atoms with E-state index in [1.165, 1.54) is 13.8 Å². The van der Waals surface area contributed by atoms with Crippen molar-refractivity contribution >= 4 is 31.3 Å². The number of azide groups is 2. The lowest BCUT2D eigenvalue weighted by molar-refractivity contribution is -0.0271. The van der Waals surface area contributed by atoms with E-state index in [2.05, 4.69) is 42.0 Å². The Morgan fingerprint density at radius 2 is 1.06 bits per heavy atom. The monoisotopic (exact) mass is 836 g/mol. The lowest BCUT2D eigenvalue weighted by Gasteiger charge is -2.22. The number of phosphoric acid groups is 4. The molecule has 0 radical (unpaired) electrons. The fourth-order valence-corrected chi connectivity index (χ4v) is 9.80. The molecule has 0 bridgehead atoms. The van der Waals surface area contributed by atoms with Gasteiger partial charge in [0.1, 0.15) is 12.5 Å². The Bertz CT molecular complexity index is 2110. The highest BCUT2D eigenvalue weighted by molar-refractivity contribution is 7.69. The first-order chi connectivity index (χ1) is 24.5. The van der Waals surface area contributed by atoms with Gasteiger partial charge in [-0.25, -0.2) is 27.8 Å². The van der Waals surface area contributed by atoms with Crippen LogP contribution in [0.3, 0.4) is 0 Å². The molecule has 2 fully saturated rings. The van der Waals surface area contributed by atoms with Crippen LogP contribution in [-0.4, -0.2) is 76.2 Å². The van der Waals surface area contributed by atoms with Crippen molar-refractivity contribution in [3.05, 3.63) is 86.1 Å². The quantitative estimate of drug-likeness (QED) is 0.0597. The van der Waals surface area contributed by atoms with Gasteiger partial charge in [-0.3, -0.25) is 37.7 Å². The number of H-pyrrole nitrogens is 2. The SMILES string of the molecule is Cc1cn([C@@H]2C[C@H](N=[N+]=[N-])[C@@H](COP(=O)(O)OP(=O)(O)OP(=O)(O)OP(=O)(O)OC[C@H]3O[C@H](n4cc(C)c(=O)[nH]c4=O)C[C@@H]3N=[N+]=[N-])O2)c(=O)[nH]c1=O. The lowest BCUT2D eigenvalue weighted by atomic mass is 10.1. The molecule has 0 amide bonds. The molecule has 6 N–H and O–H groups in total. The van der Waals surface area contributed by atoms with Gasteiger partial charge in [0.05, 0.1) is 37.5 Å². The van der Waals surface area contributed by atoms with Gasteiger partial charge in [-0.1, -0.05) is 10.2 Å². The summed E-state index contributed by atoms with van der Waals surface area (Å²) in [7, 11) is -23.9. The standard InChI is InChI=1S/C20H28N10O19P4/c1-9-5-29(19(33)23-17(9)31)15-3-11(25-27-21)13(45-15)7-43-50(35,36)47-52(39,40)49-53(41,42)48-51(37,38)44-8-14-12(26-28-22)4-16(46-14)30-6-10(2)18(32)24-20(30)34/h5-6,11-16H,3-4,7-8H2,1-2H3,(H,35,36)(H,37,38)(H,39,40)(H,41,42)(H,23,31,33)(H,24,32,34)/t11-,12-,13+,14+,15-,16-/m0/s1. The Labute approximate surface area is 292 Å². The minimum Gasteiger partial charge on any atom is -0.352 e. The Hall–Kier alpha value is -3.54. The predicted octanol–water partition coefficient (Wildman–Crippen LogP) is 1.12. The highest BCUT2D eigenvalue weighted by Crippen LogP contribution is 2.71. The predicted molar refractivity (Wildman–Crippen MR) is 170 cm³/mol. The molecule has 29 nitrogen and oxygen atoms in total. The van der Waals surface area contributed by atoms with Crippen molar-refractivity contribution < 1.29 is 69.3 Å². The topological polar surface area (TPSA) is 421 Å². The average molecular weight is 836 g/mol. The van der Waals surface area contributed by atoms with E-state index in [0.29, 0.717) is 0 Å². The first-order valence-corrected chi connectivity index (χ1v) is 20.3. The van der Waals surface area contributed by atoms with E-state index < -0.39 is 104 Å². The highest BCUT2D eigenvalue weighted by atomic mass is 31.3. The number of ether oxygens (including phenoxy) is 2. The van der Waals surface area contributed by atoms with E-state index in [0.717, 1.165) is 21.5 Å². The smallest absolute Gasteiger partial charge is 0.352 e. The summed E-state index contributed by atoms with van der Waals surface area (Å²) in [6, 6.07) is -2.35. The Balaban J connectivity index is 1.35. The number of phosphoric ester groups is 2. The van der Waals surface area contributed by atoms with Crippen molar-refractivity contribution in [2.45, 2.75) is 63.4 Å². The second-order valence-corrected chi connectivity index (χ2v) is 17.2. The zero-order valence-corrected chi connectivity index (χ0v) is 30.3. The summed E-state index contributed by atoms with van der Waals surface area (Å²) in [5.74, 6) is 0. The molecule has 4 unspecified atom stereocenters. The van der Waals surface area contributed by atoms with Crippen LogP contribution in [0.5, 0.6) is 0 Å². The third kappa shape index (κ3) is 11.2. The van der Waals surface area contributed by atoms with Gasteiger partial charge in [0.15, 0.2) is 0 Å². The van der Waals surface area contributed by atoms with Crippen molar-refractivity contribution in [1.29, 1.82) is 0 Å². The molecule has 10 atom stereocenters. The molecule has 4 rings (SSSR count). The number of hydrogen-bond acceptors (Lipinski definition) is 17. The van der Waals surface area contributed by atoms with Crippen LogP contribution >= 0.6 is 31.3 Å². The number of nitrogens with one attached hydrogen (secondary N) is 2. The van der Waals surface area contributed by atoms with Crippen molar-refractivity contribution in [1.82, 2.24) is 19.1 Å². The zero-order chi connectivity index (χ0) is 39.5. The van der Waals surface area contributed by atoms with E-state index in [1.807, 2.05) is 9.97 Å². The number of hydrogen-bond donors (Lipinski definition) is 6. The fourth-order valence-electron chi connectivity index (χ4n) is 4.85. The van der Waals surface area contributed by atoms with E-state index in [1.54, 1.807) is 0 Å². The molecule has 4 heterocycles. The largest absolute Gasteiger partial charge is 0.490 e. The molecule has 2 aromatic heterocycles. The maximum atomic E-state index is 12.4. The van der Waals surface area contributed by atoms with Crippen LogP contribution in [-0.2, 0) is 49.7 Å². The average Bonchev–Trinajstić information content (AvgIpc) is 3.61. The molecule has 0 aliphatic carbocycles. The number of rotatable bonds is 16. The van der Waals surface area contributed by atoms with Crippen molar-refractivity contribution in [2.24, 2.45) is 10.2 Å². The van der Waals surface area contributed by atoms with Crippen molar-refractivity contribution in [3.8, 4) is 0 Å². The molecule has 0 saturated carbocycles. The van der Waals surface area contributed by atoms with Gasteiger partial charge in [0.25, 0.3) is 11.1 Å². The van der Waals surface area contributed by atoms with Gasteiger partial charge < -0.3 is 29.0 Å². The summed E-state index contributed by atoms with van der Waals surface area (Å²) in [5, 5.41) is 6.87. The van der Waals surface area contributed by atoms with Crippen molar-refractivity contribution in [3.63, 3.8) is 0 Å². The van der Waals surface area contributed by atoms with E-state index in [-0.39, 0.29) is 24.0 Å². The number of aryl methyl sites for hydroxylation is 2. The number of aromatic amines is 2. The maximum Gasteiger partial charge on any atom is 0.490 e. The second kappa shape index (κ2) is 16.4. The lowest BCUT2D eigenvalue weighted by Crippen LogP contribution is -2.33. The minimum absolute atomic E-state index is 0.0997. The summed E-state index contributed by atoms with van der Waals surface area (Å²) in [6.07, 6.45) is -3.39. The fraction of sp³-hybridized carbons (Fsp3) is 0.600. The molecule has 292 valence electrons. The summed E-state index contributed by atoms with van der Waals surface area (Å²) in [5.41, 5.74) is 14.8. The summed E-state index contributed by atoms with van der Waals surface area (Å²) in [6.45, 7) is 0.684. The van der Waals surface area contributed by atoms with Crippen molar-refractivity contribution in [2.75, 3.05) is 13.2 Å². The Morgan fingerprint density at radius 3 is 1.40 bits per heavy atom. The molecule has 2 saturated heterocycles. The number of nitrogens with zero attached hydrogens (tertiary/aromatic N) is 8. The first-order valence-electron chi connectivity index (χ1n) is 14.3. The molecular weight excluding hydrogens is 808 g/mol. The summed E-state index contributed by atoms with van der Waals surface area (Å²) >= 11 is 0. The third-order valence-electron chi connectivity index (χ3n) is 7.14. The molecule has 2 aliphatic heterocycles. The van der Waals surface area contributed by atoms with E-state index in [4.69, 9.17) is 20.5 Å². The van der Waals surface area contributed by atoms with Gasteiger partial charge in [0.2, 0.25) is 0 Å². The van der Waals surface area contributed by atoms with Gasteiger partial charge in [-0.05, 0) is 24.9 Å². The van der Waals surface area contributed by atoms with E-state index >= 15 is 0 Å². The molecule has 0 aromatic carbocycles. The molecule has 53 heavy (non-hydrogen) atoms. The van der Waals surface area contributed by atoms with E-state index in [9.17, 15) is 57.0 Å². The van der Waals surface area contributed by atoms with Crippen LogP contribution < -0.4 is 22.5 Å². The Morgan fingerprint density at radius 1 is 0.717 bits per heavy atom. The van der Waals surface area contributed by atoms with Crippen LogP contribution in [0.4, 0.5) is 0 Å². The van der Waals surface area contributed by atoms with Crippen LogP contribution in [0.2, 0.25) is 0 Å². The van der Waals surface area contributed by atoms with Gasteiger partial charge in [0, 0.05) is 46.2 Å². The van der Waals surface area contributed by atoms with Gasteiger partial charge in [-0.15, -0.1) is 0 Å². The summed E-state index contributed by atoms with van der Waals surface area (Å²) in [4.78, 5) is 96.8. The maximum absolute atomic E-state index is 12.4. The van der Waals surface area contributed by atoms with Crippen LogP contribution in [0.15, 0.2) is 41.8 Å². The van der Waals surface area contributed by atoms with Crippen LogP contribution in [0, 0.1) is 13.8 Å². The number of aromatic nitrogens is 4. The first kappa shape index (κ1) is 42.2. The molecule has 0 spiro atoms. The highest BCUT2D eigenvalue weighted by Gasteiger charge is 2.47. The van der Waals surface area contributed by atoms with Gasteiger partial charge >= 0.3 is 42.7 Å². The minimum atomic E-state index is -6.20.